The molecule has 0 bridgehead atoms. The molecule has 0 aliphatic heterocycles. The number of nitrogens with one attached hydrogen (secondary N) is 1. The molecule has 5 N–H and O–H groups in total. The van der Waals surface area contributed by atoms with Crippen LogP contribution in [0.25, 0.3) is 11.1 Å². The van der Waals surface area contributed by atoms with Crippen molar-refractivity contribution in [3.8, 4) is 16.9 Å². The summed E-state index contributed by atoms with van der Waals surface area (Å²) in [6.07, 6.45) is -4.87. The predicted octanol–water partition coefficient (Wildman–Crippen LogP) is 2.80. The van der Waals surface area contributed by atoms with E-state index >= 15 is 0 Å². The molecule has 0 spiro atoms. The molecule has 4 aliphatic carbocycles. The van der Waals surface area contributed by atoms with Crippen LogP contribution in [0.2, 0.25) is 0 Å². The van der Waals surface area contributed by atoms with Gasteiger partial charge in [0.15, 0.2) is 34.7 Å². The van der Waals surface area contributed by atoms with Crippen molar-refractivity contribution in [2.45, 2.75) is 63.8 Å². The average Bonchev–Trinajstić information content (AvgIpc) is 3.52. The number of nitrogens with zero attached hydrogens (tertiary/aromatic N) is 1. The minimum atomic E-state index is -5.05. The number of carbonyl (C=O) groups excluding carboxylic acids is 7. The van der Waals surface area contributed by atoms with E-state index in [-0.39, 0.29) is 36.9 Å². The molecule has 3 saturated carbocycles. The second-order valence-corrected chi connectivity index (χ2v) is 15.3. The first-order chi connectivity index (χ1) is 24.1. The maximum absolute atomic E-state index is 14.4. The van der Waals surface area contributed by atoms with Crippen molar-refractivity contribution in [2.24, 2.45) is 40.2 Å². The third kappa shape index (κ3) is 5.22. The molecule has 2 aromatic carbocycles. The maximum Gasteiger partial charge on any atom is 0.450 e. The quantitative estimate of drug-likeness (QED) is 0.321. The average molecular weight is 726 g/mol. The van der Waals surface area contributed by atoms with E-state index in [2.05, 4.69) is 5.32 Å². The van der Waals surface area contributed by atoms with Crippen molar-refractivity contribution in [1.29, 1.82) is 0 Å². The Labute approximate surface area is 295 Å². The first-order valence-corrected chi connectivity index (χ1v) is 16.8. The summed E-state index contributed by atoms with van der Waals surface area (Å²) >= 11 is 0. The number of aliphatic hydroxyl groups is 1. The van der Waals surface area contributed by atoms with Gasteiger partial charge >= 0.3 is 6.18 Å². The lowest BCUT2D eigenvalue weighted by Crippen LogP contribution is -2.79. The summed E-state index contributed by atoms with van der Waals surface area (Å²) in [4.78, 5) is 94.7. The molecule has 8 atom stereocenters. The van der Waals surface area contributed by atoms with Crippen LogP contribution in [0.4, 0.5) is 18.9 Å². The highest BCUT2D eigenvalue weighted by atomic mass is 19.4. The van der Waals surface area contributed by atoms with Gasteiger partial charge in [-0.15, -0.1) is 0 Å². The van der Waals surface area contributed by atoms with Gasteiger partial charge in [-0.05, 0) is 80.1 Å². The highest BCUT2D eigenvalue weighted by Crippen LogP contribution is 2.62. The van der Waals surface area contributed by atoms with Gasteiger partial charge in [0.25, 0.3) is 0 Å². The number of aromatic hydroxyl groups is 1. The SMILES string of the molecule is CN(C)[C@@H]1C(=O)C(C(N)=O)C(=O)[C@@]2(O)C(=O)C3C(=O)c4c(O)ccc(-c5ccc(NC(=O)C6CCCC6C(=O)C(F)(F)F)cc5)c4C[C@@]3(C)C[C@@]12C. The summed E-state index contributed by atoms with van der Waals surface area (Å²) in [5.74, 6) is -15.0. The zero-order chi connectivity index (χ0) is 38.5. The van der Waals surface area contributed by atoms with Gasteiger partial charge in [-0.2, -0.15) is 13.2 Å². The summed E-state index contributed by atoms with van der Waals surface area (Å²) in [6.45, 7) is 3.04. The lowest BCUT2D eigenvalue weighted by Gasteiger charge is -2.61. The van der Waals surface area contributed by atoms with Crippen LogP contribution in [0, 0.1) is 34.5 Å². The van der Waals surface area contributed by atoms with E-state index in [0.29, 0.717) is 23.1 Å². The molecule has 12 nitrogen and oxygen atoms in total. The van der Waals surface area contributed by atoms with E-state index in [1.807, 2.05) is 0 Å². The number of phenolic OH excluding ortho intramolecular Hbond substituents is 1. The highest BCUT2D eigenvalue weighted by Gasteiger charge is 2.76. The maximum atomic E-state index is 14.4. The van der Waals surface area contributed by atoms with Crippen LogP contribution < -0.4 is 11.1 Å². The molecule has 0 radical (unpaired) electrons. The number of primary amides is 1. The number of halogens is 3. The van der Waals surface area contributed by atoms with E-state index in [4.69, 9.17) is 5.73 Å². The number of fused-ring (bicyclic) bond motifs is 3. The Morgan fingerprint density at radius 2 is 1.56 bits per heavy atom. The van der Waals surface area contributed by atoms with Gasteiger partial charge in [0.2, 0.25) is 17.6 Å². The Bertz CT molecular complexity index is 1960. The van der Waals surface area contributed by atoms with Crippen LogP contribution in [-0.2, 0) is 35.2 Å². The molecular formula is C37H38F3N3O9. The first-order valence-electron chi connectivity index (χ1n) is 16.8. The second kappa shape index (κ2) is 12.2. The fourth-order valence-electron chi connectivity index (χ4n) is 9.76. The topological polar surface area (TPSA) is 201 Å². The molecule has 0 heterocycles. The van der Waals surface area contributed by atoms with Crippen LogP contribution in [0.3, 0.4) is 0 Å². The first kappa shape index (κ1) is 37.0. The Morgan fingerprint density at radius 3 is 2.13 bits per heavy atom. The van der Waals surface area contributed by atoms with Gasteiger partial charge in [0.1, 0.15) is 5.75 Å². The smallest absolute Gasteiger partial charge is 0.450 e. The fourth-order valence-corrected chi connectivity index (χ4v) is 9.76. The number of anilines is 1. The van der Waals surface area contributed by atoms with Gasteiger partial charge in [0, 0.05) is 22.9 Å². The molecule has 52 heavy (non-hydrogen) atoms. The molecule has 6 rings (SSSR count). The number of likely N-dealkylation sites (N-methyl/N-ethyl adjacent to an activating group) is 1. The number of carbonyl (C=O) groups is 7. The number of hydrogen-bond donors (Lipinski definition) is 4. The minimum absolute atomic E-state index is 0.0174. The van der Waals surface area contributed by atoms with Gasteiger partial charge in [0.05, 0.1) is 17.5 Å². The molecular weight excluding hydrogens is 687 g/mol. The zero-order valence-electron chi connectivity index (χ0n) is 28.8. The van der Waals surface area contributed by atoms with Crippen molar-refractivity contribution in [3.05, 3.63) is 47.5 Å². The van der Waals surface area contributed by atoms with Crippen LogP contribution in [0.15, 0.2) is 36.4 Å². The molecule has 4 unspecified atom stereocenters. The fraction of sp³-hybridized carbons (Fsp3) is 0.486. The summed E-state index contributed by atoms with van der Waals surface area (Å²) in [5.41, 5.74) is 0.782. The number of amides is 2. The van der Waals surface area contributed by atoms with Crippen molar-refractivity contribution in [2.75, 3.05) is 19.4 Å². The number of alkyl halides is 3. The van der Waals surface area contributed by atoms with Crippen LogP contribution in [-0.4, -0.2) is 87.8 Å². The predicted molar refractivity (Wildman–Crippen MR) is 177 cm³/mol. The number of Topliss-reactive ketones (excluding diaryl/α,β-unsaturated/α-hetero) is 5. The minimum Gasteiger partial charge on any atom is -0.507 e. The van der Waals surface area contributed by atoms with Gasteiger partial charge in [-0.3, -0.25) is 38.5 Å². The van der Waals surface area contributed by atoms with Crippen molar-refractivity contribution in [1.82, 2.24) is 4.90 Å². The standard InChI is InChI=1S/C37H38F3N3O9/c1-34-14-21-18(16-8-10-17(11-9-16)42-33(51)20-7-5-6-19(20)29(47)37(38,39)40)12-13-22(44)23(21)26(45)25(34)31(49)36(52)30(48)24(32(41)50)27(46)28(43(3)4)35(36,2)15-34/h8-13,19-20,24-25,28,44,52H,5-7,14-15H2,1-4H3,(H2,41,50)(H,42,51)/t19?,20?,24?,25?,28-,34+,35+,36-/m1/s1. The van der Waals surface area contributed by atoms with E-state index in [1.54, 1.807) is 25.1 Å². The number of benzene rings is 2. The summed E-state index contributed by atoms with van der Waals surface area (Å²) < 4.78 is 39.3. The largest absolute Gasteiger partial charge is 0.507 e. The van der Waals surface area contributed by atoms with E-state index in [9.17, 15) is 56.9 Å². The molecule has 2 aromatic rings. The van der Waals surface area contributed by atoms with Crippen molar-refractivity contribution >= 4 is 46.4 Å². The van der Waals surface area contributed by atoms with E-state index in [0.717, 1.165) is 0 Å². The van der Waals surface area contributed by atoms with Crippen LogP contribution in [0.5, 0.6) is 5.75 Å². The number of ketones is 5. The third-order valence-electron chi connectivity index (χ3n) is 11.8. The summed E-state index contributed by atoms with van der Waals surface area (Å²) in [7, 11) is 3.00. The summed E-state index contributed by atoms with van der Waals surface area (Å²) in [5, 5.41) is 25.7. The number of nitrogens with two attached hydrogens (primary N) is 1. The Kier molecular flexibility index (Phi) is 8.65. The highest BCUT2D eigenvalue weighted by molar-refractivity contribution is 6.33. The Balaban J connectivity index is 1.35. The van der Waals surface area contributed by atoms with Gasteiger partial charge in [-0.25, -0.2) is 0 Å². The normalized spacial score (nSPS) is 33.0. The van der Waals surface area contributed by atoms with Gasteiger partial charge < -0.3 is 21.3 Å². The van der Waals surface area contributed by atoms with Crippen LogP contribution in [0.1, 0.15) is 55.5 Å². The molecule has 15 heteroatoms. The lowest BCUT2D eigenvalue weighted by molar-refractivity contribution is -0.203. The van der Waals surface area contributed by atoms with Crippen molar-refractivity contribution < 1.29 is 56.9 Å². The monoisotopic (exact) mass is 725 g/mol. The van der Waals surface area contributed by atoms with Crippen molar-refractivity contribution in [3.63, 3.8) is 0 Å². The lowest BCUT2D eigenvalue weighted by atomic mass is 9.42. The van der Waals surface area contributed by atoms with Crippen LogP contribution >= 0.6 is 0 Å². The summed E-state index contributed by atoms with van der Waals surface area (Å²) in [6, 6.07) is 7.67. The molecule has 3 fully saturated rings. The number of phenols is 1. The molecule has 2 amide bonds. The van der Waals surface area contributed by atoms with E-state index in [1.165, 1.54) is 44.1 Å². The molecule has 0 aromatic heterocycles. The Morgan fingerprint density at radius 1 is 0.942 bits per heavy atom. The van der Waals surface area contributed by atoms with Gasteiger partial charge in [-0.1, -0.05) is 38.5 Å². The Hall–Kier alpha value is -4.76. The zero-order valence-corrected chi connectivity index (χ0v) is 28.8. The third-order valence-corrected chi connectivity index (χ3v) is 11.8. The molecule has 0 saturated heterocycles. The second-order valence-electron chi connectivity index (χ2n) is 15.3. The number of rotatable bonds is 6. The number of hydrogen-bond acceptors (Lipinski definition) is 10. The van der Waals surface area contributed by atoms with E-state index < -0.39 is 98.8 Å². The molecule has 4 aliphatic rings. The molecule has 276 valence electrons.